The van der Waals surface area contributed by atoms with Crippen LogP contribution in [0.4, 0.5) is 0 Å². The SMILES string of the molecule is C=C(CNCCC)CN1CCC2(CCCC2)CC1. The van der Waals surface area contributed by atoms with Gasteiger partial charge in [0.2, 0.25) is 0 Å². The summed E-state index contributed by atoms with van der Waals surface area (Å²) in [6, 6.07) is 0. The Bertz CT molecular complexity index is 256. The number of hydrogen-bond acceptors (Lipinski definition) is 2. The van der Waals surface area contributed by atoms with Gasteiger partial charge in [0.15, 0.2) is 0 Å². The summed E-state index contributed by atoms with van der Waals surface area (Å²) in [7, 11) is 0. The molecular weight excluding hydrogens is 220 g/mol. The first-order valence-electron chi connectivity index (χ1n) is 7.84. The molecule has 0 unspecified atom stereocenters. The smallest absolute Gasteiger partial charge is 0.0202 e. The summed E-state index contributed by atoms with van der Waals surface area (Å²) < 4.78 is 0. The summed E-state index contributed by atoms with van der Waals surface area (Å²) in [5.74, 6) is 0. The fraction of sp³-hybridized carbons (Fsp3) is 0.875. The third-order valence-electron chi connectivity index (χ3n) is 4.83. The van der Waals surface area contributed by atoms with Gasteiger partial charge in [-0.05, 0) is 62.7 Å². The van der Waals surface area contributed by atoms with Gasteiger partial charge in [-0.3, -0.25) is 4.90 Å². The van der Waals surface area contributed by atoms with Gasteiger partial charge in [-0.1, -0.05) is 26.3 Å². The van der Waals surface area contributed by atoms with E-state index in [1.165, 1.54) is 63.6 Å². The van der Waals surface area contributed by atoms with Crippen LogP contribution >= 0.6 is 0 Å². The Hall–Kier alpha value is -0.340. The molecule has 18 heavy (non-hydrogen) atoms. The van der Waals surface area contributed by atoms with Gasteiger partial charge in [0.25, 0.3) is 0 Å². The fourth-order valence-electron chi connectivity index (χ4n) is 3.62. The molecule has 2 rings (SSSR count). The van der Waals surface area contributed by atoms with Gasteiger partial charge in [0.1, 0.15) is 0 Å². The van der Waals surface area contributed by atoms with Crippen LogP contribution in [0.3, 0.4) is 0 Å². The third kappa shape index (κ3) is 3.83. The largest absolute Gasteiger partial charge is 0.313 e. The molecule has 0 aromatic heterocycles. The molecule has 2 nitrogen and oxygen atoms in total. The minimum atomic E-state index is 0.748. The first kappa shape index (κ1) is 14.1. The maximum atomic E-state index is 4.21. The lowest BCUT2D eigenvalue weighted by Crippen LogP contribution is -2.40. The van der Waals surface area contributed by atoms with E-state index in [4.69, 9.17) is 0 Å². The molecule has 0 atom stereocenters. The van der Waals surface area contributed by atoms with E-state index in [0.29, 0.717) is 0 Å². The molecule has 1 saturated heterocycles. The Morgan fingerprint density at radius 3 is 2.44 bits per heavy atom. The number of piperidine rings is 1. The summed E-state index contributed by atoms with van der Waals surface area (Å²) in [5, 5.41) is 3.45. The number of nitrogens with one attached hydrogen (secondary N) is 1. The van der Waals surface area contributed by atoms with Gasteiger partial charge >= 0.3 is 0 Å². The number of rotatable bonds is 6. The normalized spacial score (nSPS) is 23.6. The van der Waals surface area contributed by atoms with Crippen LogP contribution in [0, 0.1) is 5.41 Å². The van der Waals surface area contributed by atoms with Crippen LogP contribution in [0.1, 0.15) is 51.9 Å². The van der Waals surface area contributed by atoms with E-state index in [-0.39, 0.29) is 0 Å². The summed E-state index contributed by atoms with van der Waals surface area (Å²) in [4.78, 5) is 2.61. The van der Waals surface area contributed by atoms with Crippen LogP contribution in [0.5, 0.6) is 0 Å². The molecule has 1 aliphatic carbocycles. The van der Waals surface area contributed by atoms with E-state index in [2.05, 4.69) is 23.7 Å². The van der Waals surface area contributed by atoms with E-state index >= 15 is 0 Å². The zero-order valence-electron chi connectivity index (χ0n) is 12.1. The molecule has 1 spiro atoms. The second kappa shape index (κ2) is 6.72. The summed E-state index contributed by atoms with van der Waals surface area (Å²) >= 11 is 0. The molecule has 2 aliphatic rings. The van der Waals surface area contributed by atoms with Crippen LogP contribution in [0.25, 0.3) is 0 Å². The van der Waals surface area contributed by atoms with Crippen molar-refractivity contribution in [2.45, 2.75) is 51.9 Å². The van der Waals surface area contributed by atoms with Crippen molar-refractivity contribution in [1.29, 1.82) is 0 Å². The highest BCUT2D eigenvalue weighted by Gasteiger charge is 2.36. The quantitative estimate of drug-likeness (QED) is 0.575. The monoisotopic (exact) mass is 250 g/mol. The molecule has 104 valence electrons. The Morgan fingerprint density at radius 2 is 1.83 bits per heavy atom. The van der Waals surface area contributed by atoms with Crippen molar-refractivity contribution in [2.24, 2.45) is 5.41 Å². The molecule has 0 aromatic rings. The fourth-order valence-corrected chi connectivity index (χ4v) is 3.62. The van der Waals surface area contributed by atoms with Gasteiger partial charge in [0, 0.05) is 13.1 Å². The predicted octanol–water partition coefficient (Wildman–Crippen LogP) is 3.20. The lowest BCUT2D eigenvalue weighted by atomic mass is 9.77. The molecule has 0 radical (unpaired) electrons. The van der Waals surface area contributed by atoms with Crippen molar-refractivity contribution in [3.05, 3.63) is 12.2 Å². The van der Waals surface area contributed by atoms with Crippen molar-refractivity contribution < 1.29 is 0 Å². The zero-order valence-corrected chi connectivity index (χ0v) is 12.1. The summed E-state index contributed by atoms with van der Waals surface area (Å²) in [6.45, 7) is 12.2. The third-order valence-corrected chi connectivity index (χ3v) is 4.83. The molecule has 0 bridgehead atoms. The maximum absolute atomic E-state index is 4.21. The zero-order chi connectivity index (χ0) is 12.8. The van der Waals surface area contributed by atoms with Gasteiger partial charge in [-0.25, -0.2) is 0 Å². The van der Waals surface area contributed by atoms with E-state index < -0.39 is 0 Å². The highest BCUT2D eigenvalue weighted by Crippen LogP contribution is 2.46. The first-order chi connectivity index (χ1) is 8.74. The molecule has 0 amide bonds. The van der Waals surface area contributed by atoms with Crippen LogP contribution in [-0.4, -0.2) is 37.6 Å². The molecule has 1 heterocycles. The number of hydrogen-bond donors (Lipinski definition) is 1. The number of nitrogens with zero attached hydrogens (tertiary/aromatic N) is 1. The topological polar surface area (TPSA) is 15.3 Å². The lowest BCUT2D eigenvalue weighted by Gasteiger charge is -2.39. The van der Waals surface area contributed by atoms with E-state index in [1.807, 2.05) is 0 Å². The standard InChI is InChI=1S/C16H30N2/c1-3-10-17-13-15(2)14-18-11-8-16(9-12-18)6-4-5-7-16/h17H,2-14H2,1H3. The van der Waals surface area contributed by atoms with E-state index in [9.17, 15) is 0 Å². The Kier molecular flexibility index (Phi) is 5.25. The number of likely N-dealkylation sites (tertiary alicyclic amines) is 1. The Labute approximate surface area is 113 Å². The second-order valence-corrected chi connectivity index (χ2v) is 6.41. The van der Waals surface area contributed by atoms with Gasteiger partial charge in [-0.15, -0.1) is 0 Å². The lowest BCUT2D eigenvalue weighted by molar-refractivity contribution is 0.115. The Balaban J connectivity index is 1.65. The van der Waals surface area contributed by atoms with Gasteiger partial charge in [0.05, 0.1) is 0 Å². The molecular formula is C16H30N2. The summed E-state index contributed by atoms with van der Waals surface area (Å²) in [6.07, 6.45) is 10.0. The van der Waals surface area contributed by atoms with Crippen LogP contribution in [-0.2, 0) is 0 Å². The van der Waals surface area contributed by atoms with E-state index in [1.54, 1.807) is 0 Å². The molecule has 2 fully saturated rings. The van der Waals surface area contributed by atoms with Crippen LogP contribution in [0.2, 0.25) is 0 Å². The van der Waals surface area contributed by atoms with Crippen molar-refractivity contribution >= 4 is 0 Å². The highest BCUT2D eigenvalue weighted by molar-refractivity contribution is 5.01. The first-order valence-corrected chi connectivity index (χ1v) is 7.84. The minimum Gasteiger partial charge on any atom is -0.313 e. The molecule has 1 aliphatic heterocycles. The molecule has 0 aromatic carbocycles. The molecule has 1 saturated carbocycles. The second-order valence-electron chi connectivity index (χ2n) is 6.41. The predicted molar refractivity (Wildman–Crippen MR) is 78.9 cm³/mol. The van der Waals surface area contributed by atoms with Crippen molar-refractivity contribution in [3.8, 4) is 0 Å². The van der Waals surface area contributed by atoms with Gasteiger partial charge < -0.3 is 5.32 Å². The average Bonchev–Trinajstić information content (AvgIpc) is 2.81. The van der Waals surface area contributed by atoms with Crippen LogP contribution in [0.15, 0.2) is 12.2 Å². The minimum absolute atomic E-state index is 0.748. The van der Waals surface area contributed by atoms with Crippen molar-refractivity contribution in [1.82, 2.24) is 10.2 Å². The van der Waals surface area contributed by atoms with Crippen molar-refractivity contribution in [3.63, 3.8) is 0 Å². The van der Waals surface area contributed by atoms with Crippen molar-refractivity contribution in [2.75, 3.05) is 32.7 Å². The van der Waals surface area contributed by atoms with Crippen LogP contribution < -0.4 is 5.32 Å². The van der Waals surface area contributed by atoms with Gasteiger partial charge in [-0.2, -0.15) is 0 Å². The average molecular weight is 250 g/mol. The molecule has 2 heteroatoms. The summed E-state index contributed by atoms with van der Waals surface area (Å²) in [5.41, 5.74) is 2.10. The molecule has 1 N–H and O–H groups in total. The highest BCUT2D eigenvalue weighted by atomic mass is 15.1. The van der Waals surface area contributed by atoms with E-state index in [0.717, 1.165) is 25.0 Å². The maximum Gasteiger partial charge on any atom is 0.0202 e. The Morgan fingerprint density at radius 1 is 1.17 bits per heavy atom.